The van der Waals surface area contributed by atoms with Crippen molar-refractivity contribution in [3.05, 3.63) is 65.7 Å². The summed E-state index contributed by atoms with van der Waals surface area (Å²) in [4.78, 5) is 16.9. The van der Waals surface area contributed by atoms with E-state index in [2.05, 4.69) is 20.5 Å². The molecular formula is C17H15N5O2. The lowest BCUT2D eigenvalue weighted by molar-refractivity contribution is 0.0952. The summed E-state index contributed by atoms with van der Waals surface area (Å²) in [5.74, 6) is -0.171. The van der Waals surface area contributed by atoms with Crippen molar-refractivity contribution in [2.75, 3.05) is 0 Å². The summed E-state index contributed by atoms with van der Waals surface area (Å²) < 4.78 is 1.84. The molecule has 1 amide bonds. The predicted molar refractivity (Wildman–Crippen MR) is 88.4 cm³/mol. The van der Waals surface area contributed by atoms with Crippen molar-refractivity contribution in [2.45, 2.75) is 13.2 Å². The van der Waals surface area contributed by atoms with Gasteiger partial charge in [0.25, 0.3) is 5.91 Å². The number of imidazole rings is 1. The van der Waals surface area contributed by atoms with Crippen LogP contribution in [0.5, 0.6) is 0 Å². The van der Waals surface area contributed by atoms with Gasteiger partial charge in [-0.2, -0.15) is 5.10 Å². The number of nitrogens with one attached hydrogen (secondary N) is 2. The van der Waals surface area contributed by atoms with Gasteiger partial charge in [0, 0.05) is 17.8 Å². The number of carbonyl (C=O) groups is 1. The Bertz CT molecular complexity index is 1030. The van der Waals surface area contributed by atoms with Crippen molar-refractivity contribution in [1.29, 1.82) is 0 Å². The fourth-order valence-electron chi connectivity index (χ4n) is 2.70. The molecule has 0 aliphatic rings. The molecule has 0 saturated carbocycles. The second kappa shape index (κ2) is 5.78. The lowest BCUT2D eigenvalue weighted by Gasteiger charge is -2.04. The minimum atomic E-state index is -0.171. The van der Waals surface area contributed by atoms with E-state index in [9.17, 15) is 9.90 Å². The second-order valence-corrected chi connectivity index (χ2v) is 5.51. The molecule has 24 heavy (non-hydrogen) atoms. The number of benzene rings is 1. The zero-order valence-electron chi connectivity index (χ0n) is 12.7. The van der Waals surface area contributed by atoms with Crippen molar-refractivity contribution < 1.29 is 9.90 Å². The number of hydrogen-bond donors (Lipinski definition) is 3. The van der Waals surface area contributed by atoms with Crippen LogP contribution in [0, 0.1) is 0 Å². The lowest BCUT2D eigenvalue weighted by atomic mass is 10.1. The molecule has 4 rings (SSSR count). The number of pyridine rings is 1. The second-order valence-electron chi connectivity index (χ2n) is 5.51. The van der Waals surface area contributed by atoms with E-state index in [1.807, 2.05) is 41.1 Å². The molecule has 0 unspecified atom stereocenters. The Hall–Kier alpha value is -3.19. The van der Waals surface area contributed by atoms with Crippen LogP contribution in [0.25, 0.3) is 16.6 Å². The van der Waals surface area contributed by atoms with Crippen LogP contribution in [0.4, 0.5) is 0 Å². The number of aromatic nitrogens is 4. The predicted octanol–water partition coefficient (Wildman–Crippen LogP) is 1.63. The fraction of sp³-hybridized carbons (Fsp3) is 0.118. The maximum atomic E-state index is 12.4. The van der Waals surface area contributed by atoms with Gasteiger partial charge in [0.15, 0.2) is 0 Å². The van der Waals surface area contributed by atoms with Gasteiger partial charge in [0.1, 0.15) is 5.65 Å². The third-order valence-corrected chi connectivity index (χ3v) is 3.90. The summed E-state index contributed by atoms with van der Waals surface area (Å²) >= 11 is 0. The number of amides is 1. The highest BCUT2D eigenvalue weighted by Crippen LogP contribution is 2.16. The summed E-state index contributed by atoms with van der Waals surface area (Å²) in [6, 6.07) is 9.12. The molecule has 3 N–H and O–H groups in total. The van der Waals surface area contributed by atoms with Crippen LogP contribution in [0.2, 0.25) is 0 Å². The average Bonchev–Trinajstić information content (AvgIpc) is 3.24. The molecule has 4 aromatic rings. The number of hydrogen-bond acceptors (Lipinski definition) is 4. The molecule has 3 aromatic heterocycles. The molecule has 1 aromatic carbocycles. The molecule has 0 atom stereocenters. The highest BCUT2D eigenvalue weighted by Gasteiger charge is 2.11. The Morgan fingerprint density at radius 3 is 3.04 bits per heavy atom. The first kappa shape index (κ1) is 14.4. The van der Waals surface area contributed by atoms with E-state index in [1.165, 1.54) is 0 Å². The molecule has 120 valence electrons. The van der Waals surface area contributed by atoms with E-state index in [4.69, 9.17) is 0 Å². The molecule has 7 heteroatoms. The largest absolute Gasteiger partial charge is 0.392 e. The Kier molecular flexibility index (Phi) is 3.47. The highest BCUT2D eigenvalue weighted by atomic mass is 16.3. The molecule has 3 heterocycles. The third kappa shape index (κ3) is 2.50. The minimum Gasteiger partial charge on any atom is -0.392 e. The Balaban J connectivity index is 1.54. The summed E-state index contributed by atoms with van der Waals surface area (Å²) in [7, 11) is 0. The number of fused-ring (bicyclic) bond motifs is 2. The third-order valence-electron chi connectivity index (χ3n) is 3.90. The van der Waals surface area contributed by atoms with E-state index < -0.39 is 0 Å². The van der Waals surface area contributed by atoms with Gasteiger partial charge < -0.3 is 14.8 Å². The van der Waals surface area contributed by atoms with Crippen molar-refractivity contribution >= 4 is 22.5 Å². The number of aliphatic hydroxyl groups excluding tert-OH is 1. The van der Waals surface area contributed by atoms with Gasteiger partial charge in [-0.05, 0) is 23.8 Å². The fourth-order valence-corrected chi connectivity index (χ4v) is 2.70. The van der Waals surface area contributed by atoms with Crippen LogP contribution in [0.3, 0.4) is 0 Å². The van der Waals surface area contributed by atoms with Crippen LogP contribution in [0.15, 0.2) is 48.9 Å². The van der Waals surface area contributed by atoms with Crippen LogP contribution >= 0.6 is 0 Å². The average molecular weight is 321 g/mol. The number of aromatic amines is 1. The molecule has 0 fully saturated rings. The zero-order chi connectivity index (χ0) is 16.5. The normalized spacial score (nSPS) is 11.2. The Morgan fingerprint density at radius 2 is 2.17 bits per heavy atom. The van der Waals surface area contributed by atoms with Gasteiger partial charge in [-0.15, -0.1) is 0 Å². The number of aliphatic hydroxyl groups is 1. The molecule has 0 aliphatic heterocycles. The monoisotopic (exact) mass is 321 g/mol. The van der Waals surface area contributed by atoms with E-state index >= 15 is 0 Å². The first-order chi connectivity index (χ1) is 11.7. The van der Waals surface area contributed by atoms with Crippen LogP contribution in [-0.2, 0) is 13.2 Å². The quantitative estimate of drug-likeness (QED) is 0.532. The smallest absolute Gasteiger partial charge is 0.252 e. The summed E-state index contributed by atoms with van der Waals surface area (Å²) in [6.07, 6.45) is 5.30. The van der Waals surface area contributed by atoms with E-state index in [0.29, 0.717) is 12.1 Å². The van der Waals surface area contributed by atoms with Crippen LogP contribution in [0.1, 0.15) is 21.6 Å². The standard InChI is InChI=1S/C17H15N5O2/c23-10-11-4-5-16-20-12(9-22(16)8-11)6-18-17(24)13-2-1-3-15-14(13)7-19-21-15/h1-5,7-9,23H,6,10H2,(H,18,24)(H,19,21). The van der Waals surface area contributed by atoms with E-state index in [-0.39, 0.29) is 12.5 Å². The Morgan fingerprint density at radius 1 is 1.25 bits per heavy atom. The van der Waals surface area contributed by atoms with Crippen molar-refractivity contribution in [3.8, 4) is 0 Å². The van der Waals surface area contributed by atoms with Gasteiger partial charge in [-0.1, -0.05) is 12.1 Å². The molecule has 7 nitrogen and oxygen atoms in total. The van der Waals surface area contributed by atoms with Crippen LogP contribution in [-0.4, -0.2) is 30.6 Å². The van der Waals surface area contributed by atoms with E-state index in [0.717, 1.165) is 27.8 Å². The van der Waals surface area contributed by atoms with Gasteiger partial charge in [-0.3, -0.25) is 9.89 Å². The Labute approximate surface area is 137 Å². The van der Waals surface area contributed by atoms with Crippen molar-refractivity contribution in [1.82, 2.24) is 24.9 Å². The van der Waals surface area contributed by atoms with Crippen molar-refractivity contribution in [3.63, 3.8) is 0 Å². The summed E-state index contributed by atoms with van der Waals surface area (Å²) in [5, 5.41) is 19.7. The maximum absolute atomic E-state index is 12.4. The molecule has 0 saturated heterocycles. The van der Waals surface area contributed by atoms with E-state index in [1.54, 1.807) is 12.3 Å². The topological polar surface area (TPSA) is 95.3 Å². The minimum absolute atomic E-state index is 0.0190. The molecule has 0 aliphatic carbocycles. The molecule has 0 radical (unpaired) electrons. The highest BCUT2D eigenvalue weighted by molar-refractivity contribution is 6.05. The maximum Gasteiger partial charge on any atom is 0.252 e. The number of H-pyrrole nitrogens is 1. The van der Waals surface area contributed by atoms with Gasteiger partial charge >= 0.3 is 0 Å². The lowest BCUT2D eigenvalue weighted by Crippen LogP contribution is -2.23. The molecule has 0 spiro atoms. The van der Waals surface area contributed by atoms with Crippen LogP contribution < -0.4 is 5.32 Å². The first-order valence-electron chi connectivity index (χ1n) is 7.52. The molecular weight excluding hydrogens is 306 g/mol. The number of rotatable bonds is 4. The van der Waals surface area contributed by atoms with Gasteiger partial charge in [0.05, 0.1) is 36.1 Å². The summed E-state index contributed by atoms with van der Waals surface area (Å²) in [6.45, 7) is 0.304. The van der Waals surface area contributed by atoms with Gasteiger partial charge in [-0.25, -0.2) is 4.98 Å². The van der Waals surface area contributed by atoms with Gasteiger partial charge in [0.2, 0.25) is 0 Å². The summed E-state index contributed by atoms with van der Waals surface area (Å²) in [5.41, 5.74) is 3.73. The first-order valence-corrected chi connectivity index (χ1v) is 7.52. The molecule has 0 bridgehead atoms. The SMILES string of the molecule is O=C(NCc1cn2cc(CO)ccc2n1)c1cccc2[nH]ncc12. The number of carbonyl (C=O) groups excluding carboxylic acids is 1. The zero-order valence-corrected chi connectivity index (χ0v) is 12.7. The number of nitrogens with zero attached hydrogens (tertiary/aromatic N) is 3. The van der Waals surface area contributed by atoms with Crippen molar-refractivity contribution in [2.24, 2.45) is 0 Å².